The van der Waals surface area contributed by atoms with E-state index in [2.05, 4.69) is 31.3 Å². The lowest BCUT2D eigenvalue weighted by Crippen LogP contribution is -2.41. The molecule has 0 atom stereocenters. The first-order chi connectivity index (χ1) is 14.5. The largest absolute Gasteiger partial charge is 0.337 e. The molecule has 0 bridgehead atoms. The van der Waals surface area contributed by atoms with E-state index in [0.29, 0.717) is 42.5 Å². The zero-order chi connectivity index (χ0) is 21.1. The van der Waals surface area contributed by atoms with Crippen molar-refractivity contribution in [3.63, 3.8) is 0 Å². The molecule has 0 spiro atoms. The highest BCUT2D eigenvalue weighted by atomic mass is 79.9. The number of carbonyl (C=O) groups excluding carboxylic acids is 2. The smallest absolute Gasteiger partial charge is 0.274 e. The van der Waals surface area contributed by atoms with Crippen LogP contribution < -0.4 is 5.32 Å². The normalized spacial score (nSPS) is 14.5. The number of anilines is 1. The van der Waals surface area contributed by atoms with Crippen molar-refractivity contribution in [1.29, 1.82) is 0 Å². The summed E-state index contributed by atoms with van der Waals surface area (Å²) in [6.45, 7) is 1.02. The SMILES string of the molecule is O=C(Nc1ccc(Br)cn1)C1CCN(C(=O)c2ccn(-c3cccc(Cl)c3)n2)CC1. The van der Waals surface area contributed by atoms with Gasteiger partial charge in [0, 0.05) is 40.9 Å². The number of hydrogen-bond acceptors (Lipinski definition) is 4. The topological polar surface area (TPSA) is 80.1 Å². The van der Waals surface area contributed by atoms with Crippen LogP contribution in [-0.2, 0) is 4.79 Å². The van der Waals surface area contributed by atoms with Crippen molar-refractivity contribution < 1.29 is 9.59 Å². The summed E-state index contributed by atoms with van der Waals surface area (Å²) in [6, 6.07) is 12.5. The number of nitrogens with zero attached hydrogens (tertiary/aromatic N) is 4. The van der Waals surface area contributed by atoms with Crippen LogP contribution in [0, 0.1) is 5.92 Å². The van der Waals surface area contributed by atoms with Gasteiger partial charge in [-0.15, -0.1) is 0 Å². The second kappa shape index (κ2) is 8.97. The number of pyridine rings is 1. The summed E-state index contributed by atoms with van der Waals surface area (Å²) in [5.41, 5.74) is 1.16. The van der Waals surface area contributed by atoms with Crippen LogP contribution in [0.3, 0.4) is 0 Å². The molecule has 30 heavy (non-hydrogen) atoms. The van der Waals surface area contributed by atoms with Crippen LogP contribution in [0.4, 0.5) is 5.82 Å². The Labute approximate surface area is 187 Å². The minimum atomic E-state index is -0.150. The molecule has 2 amide bonds. The molecule has 1 fully saturated rings. The summed E-state index contributed by atoms with van der Waals surface area (Å²) in [5.74, 6) is 0.170. The number of piperidine rings is 1. The molecule has 3 aromatic rings. The molecule has 1 aliphatic heterocycles. The molecule has 7 nitrogen and oxygen atoms in total. The standard InChI is InChI=1S/C21H19BrClN5O2/c22-15-4-5-19(24-13-15)25-20(29)14-6-9-27(10-7-14)21(30)18-8-11-28(26-18)17-3-1-2-16(23)12-17/h1-5,8,11-14H,6-7,9-10H2,(H,24,25,29). The number of aromatic nitrogens is 3. The summed E-state index contributed by atoms with van der Waals surface area (Å²) in [4.78, 5) is 31.2. The number of hydrogen-bond donors (Lipinski definition) is 1. The fraction of sp³-hybridized carbons (Fsp3) is 0.238. The van der Waals surface area contributed by atoms with Crippen LogP contribution in [-0.4, -0.2) is 44.6 Å². The Hall–Kier alpha value is -2.71. The lowest BCUT2D eigenvalue weighted by atomic mass is 9.95. The summed E-state index contributed by atoms with van der Waals surface area (Å²) in [7, 11) is 0. The molecule has 4 rings (SSSR count). The quantitative estimate of drug-likeness (QED) is 0.598. The van der Waals surface area contributed by atoms with Crippen LogP contribution in [0.5, 0.6) is 0 Å². The van der Waals surface area contributed by atoms with Gasteiger partial charge in [-0.3, -0.25) is 9.59 Å². The summed E-state index contributed by atoms with van der Waals surface area (Å²) < 4.78 is 2.48. The van der Waals surface area contributed by atoms with Gasteiger partial charge in [0.25, 0.3) is 5.91 Å². The maximum absolute atomic E-state index is 12.8. The van der Waals surface area contributed by atoms with E-state index in [-0.39, 0.29) is 17.7 Å². The van der Waals surface area contributed by atoms with Gasteiger partial charge in [0.2, 0.25) is 5.91 Å². The number of amides is 2. The van der Waals surface area contributed by atoms with Crippen molar-refractivity contribution in [2.45, 2.75) is 12.8 Å². The zero-order valence-corrected chi connectivity index (χ0v) is 18.3. The molecule has 9 heteroatoms. The maximum atomic E-state index is 12.8. The van der Waals surface area contributed by atoms with Gasteiger partial charge in [0.1, 0.15) is 5.82 Å². The predicted octanol–water partition coefficient (Wildman–Crippen LogP) is 4.17. The molecule has 154 valence electrons. The van der Waals surface area contributed by atoms with Crippen molar-refractivity contribution in [2.75, 3.05) is 18.4 Å². The molecule has 0 unspecified atom stereocenters. The van der Waals surface area contributed by atoms with E-state index in [9.17, 15) is 9.59 Å². The van der Waals surface area contributed by atoms with Crippen LogP contribution in [0.15, 0.2) is 59.3 Å². The van der Waals surface area contributed by atoms with Crippen molar-refractivity contribution in [3.8, 4) is 5.69 Å². The van der Waals surface area contributed by atoms with Crippen molar-refractivity contribution in [2.24, 2.45) is 5.92 Å². The van der Waals surface area contributed by atoms with Gasteiger partial charge in [-0.05, 0) is 65.2 Å². The minimum absolute atomic E-state index is 0.0674. The lowest BCUT2D eigenvalue weighted by molar-refractivity contribution is -0.121. The summed E-state index contributed by atoms with van der Waals surface area (Å²) in [6.07, 6.45) is 4.58. The molecule has 1 N–H and O–H groups in total. The van der Waals surface area contributed by atoms with E-state index in [4.69, 9.17) is 11.6 Å². The monoisotopic (exact) mass is 487 g/mol. The number of carbonyl (C=O) groups is 2. The first-order valence-electron chi connectivity index (χ1n) is 9.53. The van der Waals surface area contributed by atoms with Gasteiger partial charge < -0.3 is 10.2 Å². The molecular formula is C21H19BrClN5O2. The van der Waals surface area contributed by atoms with Crippen LogP contribution in [0.2, 0.25) is 5.02 Å². The highest BCUT2D eigenvalue weighted by Crippen LogP contribution is 2.21. The van der Waals surface area contributed by atoms with Gasteiger partial charge in [0.05, 0.1) is 5.69 Å². The summed E-state index contributed by atoms with van der Waals surface area (Å²) in [5, 5.41) is 7.84. The zero-order valence-electron chi connectivity index (χ0n) is 16.0. The Kier molecular flexibility index (Phi) is 6.15. The molecule has 1 aromatic carbocycles. The number of benzene rings is 1. The molecule has 0 radical (unpaired) electrons. The van der Waals surface area contributed by atoms with Gasteiger partial charge >= 0.3 is 0 Å². The fourth-order valence-electron chi connectivity index (χ4n) is 3.39. The number of rotatable bonds is 4. The third-order valence-electron chi connectivity index (χ3n) is 5.01. The number of halogens is 2. The van der Waals surface area contributed by atoms with E-state index in [1.54, 1.807) is 46.2 Å². The van der Waals surface area contributed by atoms with E-state index in [1.165, 1.54) is 0 Å². The highest BCUT2D eigenvalue weighted by Gasteiger charge is 2.29. The molecule has 1 saturated heterocycles. The molecule has 3 heterocycles. The Bertz CT molecular complexity index is 1060. The Morgan fingerprint density at radius 1 is 1.13 bits per heavy atom. The number of nitrogens with one attached hydrogen (secondary N) is 1. The van der Waals surface area contributed by atoms with Crippen molar-refractivity contribution >= 4 is 45.2 Å². The molecule has 1 aliphatic rings. The highest BCUT2D eigenvalue weighted by molar-refractivity contribution is 9.10. The van der Waals surface area contributed by atoms with Crippen molar-refractivity contribution in [1.82, 2.24) is 19.7 Å². The molecular weight excluding hydrogens is 470 g/mol. The van der Waals surface area contributed by atoms with E-state index in [1.807, 2.05) is 18.2 Å². The van der Waals surface area contributed by atoms with Crippen LogP contribution in [0.1, 0.15) is 23.3 Å². The van der Waals surface area contributed by atoms with Crippen LogP contribution in [0.25, 0.3) is 5.69 Å². The molecule has 2 aromatic heterocycles. The lowest BCUT2D eigenvalue weighted by Gasteiger charge is -2.30. The van der Waals surface area contributed by atoms with E-state index in [0.717, 1.165) is 10.2 Å². The predicted molar refractivity (Wildman–Crippen MR) is 118 cm³/mol. The summed E-state index contributed by atoms with van der Waals surface area (Å²) >= 11 is 9.35. The first kappa shape index (κ1) is 20.6. The number of likely N-dealkylation sites (tertiary alicyclic amines) is 1. The molecule has 0 aliphatic carbocycles. The molecule has 0 saturated carbocycles. The van der Waals surface area contributed by atoms with Crippen LogP contribution >= 0.6 is 27.5 Å². The maximum Gasteiger partial charge on any atom is 0.274 e. The van der Waals surface area contributed by atoms with E-state index < -0.39 is 0 Å². The minimum Gasteiger partial charge on any atom is -0.337 e. The van der Waals surface area contributed by atoms with Gasteiger partial charge in [0.15, 0.2) is 5.69 Å². The second-order valence-corrected chi connectivity index (χ2v) is 8.39. The van der Waals surface area contributed by atoms with Gasteiger partial charge in [-0.25, -0.2) is 9.67 Å². The second-order valence-electron chi connectivity index (χ2n) is 7.04. The Morgan fingerprint density at radius 2 is 1.93 bits per heavy atom. The van der Waals surface area contributed by atoms with Gasteiger partial charge in [-0.2, -0.15) is 5.10 Å². The Balaban J connectivity index is 1.34. The fourth-order valence-corrected chi connectivity index (χ4v) is 3.80. The third-order valence-corrected chi connectivity index (χ3v) is 5.72. The Morgan fingerprint density at radius 3 is 2.63 bits per heavy atom. The van der Waals surface area contributed by atoms with Gasteiger partial charge in [-0.1, -0.05) is 17.7 Å². The third kappa shape index (κ3) is 4.71. The first-order valence-corrected chi connectivity index (χ1v) is 10.7. The average Bonchev–Trinajstić information content (AvgIpc) is 3.25. The van der Waals surface area contributed by atoms with Crippen molar-refractivity contribution in [3.05, 3.63) is 70.0 Å². The van der Waals surface area contributed by atoms with E-state index >= 15 is 0 Å². The average molecular weight is 489 g/mol.